The van der Waals surface area contributed by atoms with Crippen LogP contribution in [0.5, 0.6) is 5.75 Å². The number of nitrogens with zero attached hydrogens (tertiary/aromatic N) is 2. The second-order valence-electron chi connectivity index (χ2n) is 5.21. The first kappa shape index (κ1) is 13.2. The summed E-state index contributed by atoms with van der Waals surface area (Å²) in [7, 11) is 1.67. The van der Waals surface area contributed by atoms with Crippen molar-refractivity contribution in [2.75, 3.05) is 0 Å². The molecule has 1 heterocycles. The molecule has 3 rings (SSSR count). The number of H-pyrrole nitrogens is 1. The van der Waals surface area contributed by atoms with E-state index in [4.69, 9.17) is 16.3 Å². The summed E-state index contributed by atoms with van der Waals surface area (Å²) in [5.41, 5.74) is 1.90. The number of benzene rings is 1. The van der Waals surface area contributed by atoms with E-state index in [-0.39, 0.29) is 12.3 Å². The van der Waals surface area contributed by atoms with Gasteiger partial charge in [-0.2, -0.15) is 5.10 Å². The molecule has 5 nitrogen and oxygen atoms in total. The van der Waals surface area contributed by atoms with Crippen LogP contribution in [0.3, 0.4) is 0 Å². The lowest BCUT2D eigenvalue weighted by molar-refractivity contribution is 0.288. The van der Waals surface area contributed by atoms with Crippen molar-refractivity contribution in [1.29, 1.82) is 0 Å². The Bertz CT molecular complexity index is 701. The maximum absolute atomic E-state index is 11.3. The number of hydrogen-bond acceptors (Lipinski definition) is 3. The highest BCUT2D eigenvalue weighted by Gasteiger charge is 2.27. The number of nitrogens with one attached hydrogen (secondary N) is 1. The fourth-order valence-corrected chi connectivity index (χ4v) is 2.33. The molecule has 0 unspecified atom stereocenters. The summed E-state index contributed by atoms with van der Waals surface area (Å²) in [4.78, 5) is 11.3. The third kappa shape index (κ3) is 2.45. The van der Waals surface area contributed by atoms with Gasteiger partial charge in [0.25, 0.3) is 0 Å². The Morgan fingerprint density at radius 3 is 2.85 bits per heavy atom. The van der Waals surface area contributed by atoms with Crippen LogP contribution in [0.15, 0.2) is 16.9 Å². The third-order valence-corrected chi connectivity index (χ3v) is 4.04. The summed E-state index contributed by atoms with van der Waals surface area (Å²) in [5, 5.41) is 7.10. The van der Waals surface area contributed by atoms with Crippen molar-refractivity contribution in [2.24, 2.45) is 7.05 Å². The zero-order valence-corrected chi connectivity index (χ0v) is 12.2. The summed E-state index contributed by atoms with van der Waals surface area (Å²) in [6, 6.07) is 3.95. The lowest BCUT2D eigenvalue weighted by atomic mass is 10.1. The van der Waals surface area contributed by atoms with Crippen molar-refractivity contribution in [3.8, 4) is 5.75 Å². The van der Waals surface area contributed by atoms with E-state index in [2.05, 4.69) is 10.2 Å². The van der Waals surface area contributed by atoms with E-state index in [0.29, 0.717) is 11.7 Å². The molecule has 1 saturated carbocycles. The van der Waals surface area contributed by atoms with Crippen molar-refractivity contribution in [3.05, 3.63) is 44.6 Å². The number of halogens is 1. The van der Waals surface area contributed by atoms with Crippen molar-refractivity contribution in [3.63, 3.8) is 0 Å². The highest BCUT2D eigenvalue weighted by atomic mass is 35.5. The fourth-order valence-electron chi connectivity index (χ4n) is 2.16. The van der Waals surface area contributed by atoms with Gasteiger partial charge in [-0.3, -0.25) is 4.57 Å². The molecule has 0 spiro atoms. The summed E-state index contributed by atoms with van der Waals surface area (Å²) in [6.07, 6.45) is 2.35. The molecule has 0 bridgehead atoms. The zero-order valence-electron chi connectivity index (χ0n) is 11.4. The van der Waals surface area contributed by atoms with Gasteiger partial charge < -0.3 is 4.74 Å². The van der Waals surface area contributed by atoms with Gasteiger partial charge in [0, 0.05) is 12.1 Å². The molecule has 106 valence electrons. The van der Waals surface area contributed by atoms with E-state index < -0.39 is 0 Å². The van der Waals surface area contributed by atoms with Crippen molar-refractivity contribution < 1.29 is 4.74 Å². The minimum Gasteiger partial charge on any atom is -0.485 e. The van der Waals surface area contributed by atoms with Crippen molar-refractivity contribution >= 4 is 11.6 Å². The van der Waals surface area contributed by atoms with Crippen LogP contribution in [0.2, 0.25) is 5.02 Å². The Labute approximate surface area is 121 Å². The predicted octanol–water partition coefficient (Wildman–Crippen LogP) is 2.53. The lowest BCUT2D eigenvalue weighted by Gasteiger charge is -2.12. The minimum absolute atomic E-state index is 0.238. The summed E-state index contributed by atoms with van der Waals surface area (Å²) in [5.74, 6) is 1.96. The predicted molar refractivity (Wildman–Crippen MR) is 76.3 cm³/mol. The Morgan fingerprint density at radius 1 is 1.50 bits per heavy atom. The smallest absolute Gasteiger partial charge is 0.343 e. The van der Waals surface area contributed by atoms with Gasteiger partial charge in [0.15, 0.2) is 5.82 Å². The van der Waals surface area contributed by atoms with Gasteiger partial charge in [0.05, 0.1) is 0 Å². The van der Waals surface area contributed by atoms with Crippen LogP contribution in [0, 0.1) is 6.92 Å². The second kappa shape index (κ2) is 4.98. The van der Waals surface area contributed by atoms with E-state index in [0.717, 1.165) is 21.9 Å². The van der Waals surface area contributed by atoms with E-state index in [1.54, 1.807) is 7.05 Å². The molecule has 2 aromatic rings. The molecular formula is C14H16ClN3O2. The van der Waals surface area contributed by atoms with E-state index in [1.165, 1.54) is 17.4 Å². The molecule has 1 aromatic heterocycles. The van der Waals surface area contributed by atoms with Crippen LogP contribution in [-0.2, 0) is 13.7 Å². The van der Waals surface area contributed by atoms with E-state index >= 15 is 0 Å². The first-order chi connectivity index (χ1) is 9.56. The highest BCUT2D eigenvalue weighted by molar-refractivity contribution is 6.31. The first-order valence-corrected chi connectivity index (χ1v) is 6.97. The lowest BCUT2D eigenvalue weighted by Crippen LogP contribution is -2.15. The summed E-state index contributed by atoms with van der Waals surface area (Å²) >= 11 is 6.19. The largest absolute Gasteiger partial charge is 0.485 e. The van der Waals surface area contributed by atoms with Gasteiger partial charge in [0.1, 0.15) is 12.4 Å². The van der Waals surface area contributed by atoms with Crippen LogP contribution in [0.4, 0.5) is 0 Å². The molecule has 1 aliphatic rings. The maximum Gasteiger partial charge on any atom is 0.343 e. The highest BCUT2D eigenvalue weighted by Crippen LogP contribution is 2.45. The van der Waals surface area contributed by atoms with Crippen LogP contribution in [0.25, 0.3) is 0 Å². The van der Waals surface area contributed by atoms with Gasteiger partial charge >= 0.3 is 5.69 Å². The zero-order chi connectivity index (χ0) is 14.3. The van der Waals surface area contributed by atoms with E-state index in [1.807, 2.05) is 19.1 Å². The standard InChI is InChI=1S/C14H16ClN3O2/c1-8-5-12(10(6-11(8)15)9-3-4-9)20-7-13-16-17-14(19)18(13)2/h5-6,9H,3-4,7H2,1-2H3,(H,17,19). The molecule has 0 aliphatic heterocycles. The molecule has 20 heavy (non-hydrogen) atoms. The Kier molecular flexibility index (Phi) is 3.30. The average Bonchev–Trinajstić information content (AvgIpc) is 3.21. The monoisotopic (exact) mass is 293 g/mol. The molecule has 0 saturated heterocycles. The minimum atomic E-state index is -0.238. The van der Waals surface area contributed by atoms with Crippen LogP contribution < -0.4 is 10.4 Å². The van der Waals surface area contributed by atoms with Crippen LogP contribution in [-0.4, -0.2) is 14.8 Å². The average molecular weight is 294 g/mol. The fraction of sp³-hybridized carbons (Fsp3) is 0.429. The van der Waals surface area contributed by atoms with Crippen LogP contribution in [0.1, 0.15) is 35.7 Å². The Hall–Kier alpha value is -1.75. The Balaban J connectivity index is 1.85. The molecule has 0 atom stereocenters. The number of ether oxygens (including phenoxy) is 1. The van der Waals surface area contributed by atoms with E-state index in [9.17, 15) is 4.79 Å². The molecule has 1 N–H and O–H groups in total. The quantitative estimate of drug-likeness (QED) is 0.942. The number of aryl methyl sites for hydroxylation is 1. The van der Waals surface area contributed by atoms with Crippen molar-refractivity contribution in [2.45, 2.75) is 32.3 Å². The number of hydrogen-bond donors (Lipinski definition) is 1. The summed E-state index contributed by atoms with van der Waals surface area (Å²) < 4.78 is 7.30. The normalized spacial score (nSPS) is 14.6. The van der Waals surface area contributed by atoms with Gasteiger partial charge in [-0.15, -0.1) is 0 Å². The van der Waals surface area contributed by atoms with Crippen LogP contribution >= 0.6 is 11.6 Å². The SMILES string of the molecule is Cc1cc(OCc2n[nH]c(=O)n2C)c(C2CC2)cc1Cl. The maximum atomic E-state index is 11.3. The molecule has 1 fully saturated rings. The molecular weight excluding hydrogens is 278 g/mol. The third-order valence-electron chi connectivity index (χ3n) is 3.64. The van der Waals surface area contributed by atoms with Gasteiger partial charge in [-0.05, 0) is 48.9 Å². The molecule has 1 aliphatic carbocycles. The number of aromatic nitrogens is 3. The van der Waals surface area contributed by atoms with Gasteiger partial charge in [-0.25, -0.2) is 9.89 Å². The number of aromatic amines is 1. The molecule has 0 amide bonds. The first-order valence-electron chi connectivity index (χ1n) is 6.59. The molecule has 6 heteroatoms. The molecule has 1 aromatic carbocycles. The van der Waals surface area contributed by atoms with Crippen molar-refractivity contribution in [1.82, 2.24) is 14.8 Å². The van der Waals surface area contributed by atoms with Gasteiger partial charge in [-0.1, -0.05) is 11.6 Å². The Morgan fingerprint density at radius 2 is 2.25 bits per heavy atom. The van der Waals surface area contributed by atoms with Gasteiger partial charge in [0.2, 0.25) is 0 Å². The number of rotatable bonds is 4. The molecule has 0 radical (unpaired) electrons. The second-order valence-corrected chi connectivity index (χ2v) is 5.61. The summed E-state index contributed by atoms with van der Waals surface area (Å²) in [6.45, 7) is 2.21. The topological polar surface area (TPSA) is 59.9 Å².